The number of hydrogen-bond acceptors (Lipinski definition) is 7. The van der Waals surface area contributed by atoms with E-state index in [1.165, 1.54) is 5.56 Å². The van der Waals surface area contributed by atoms with Crippen LogP contribution in [0.1, 0.15) is 56.2 Å². The Labute approximate surface area is 257 Å². The summed E-state index contributed by atoms with van der Waals surface area (Å²) in [7, 11) is 0. The van der Waals surface area contributed by atoms with Crippen LogP contribution in [-0.2, 0) is 10.3 Å². The Balaban J connectivity index is 1.27. The molecule has 224 valence electrons. The Morgan fingerprint density at radius 1 is 0.977 bits per heavy atom. The summed E-state index contributed by atoms with van der Waals surface area (Å²) >= 11 is 0. The molecule has 1 atom stereocenters. The zero-order valence-electron chi connectivity index (χ0n) is 25.0. The van der Waals surface area contributed by atoms with E-state index in [9.17, 15) is 4.79 Å². The van der Waals surface area contributed by atoms with Gasteiger partial charge in [-0.15, -0.1) is 0 Å². The van der Waals surface area contributed by atoms with Gasteiger partial charge in [0.25, 0.3) is 0 Å². The van der Waals surface area contributed by atoms with Crippen LogP contribution in [0.25, 0.3) is 39.5 Å². The molecule has 9 heteroatoms. The maximum absolute atomic E-state index is 11.7. The van der Waals surface area contributed by atoms with Gasteiger partial charge in [-0.1, -0.05) is 30.3 Å². The normalized spacial score (nSPS) is 17.8. The molecule has 0 bridgehead atoms. The van der Waals surface area contributed by atoms with Crippen LogP contribution in [-0.4, -0.2) is 43.4 Å². The van der Waals surface area contributed by atoms with Crippen molar-refractivity contribution in [3.05, 3.63) is 90.1 Å². The van der Waals surface area contributed by atoms with Crippen molar-refractivity contribution >= 4 is 22.9 Å². The molecule has 2 aliphatic rings. The third kappa shape index (κ3) is 5.02. The fourth-order valence-corrected chi connectivity index (χ4v) is 6.68. The number of benzene rings is 2. The van der Waals surface area contributed by atoms with Gasteiger partial charge in [-0.05, 0) is 106 Å². The molecule has 2 fully saturated rings. The Morgan fingerprint density at radius 2 is 1.75 bits per heavy atom. The van der Waals surface area contributed by atoms with Crippen molar-refractivity contribution in [1.82, 2.24) is 24.4 Å². The van der Waals surface area contributed by atoms with Crippen molar-refractivity contribution in [2.45, 2.75) is 50.6 Å². The zero-order valence-corrected chi connectivity index (χ0v) is 25.0. The van der Waals surface area contributed by atoms with Crippen LogP contribution >= 0.6 is 0 Å². The number of pyridine rings is 2. The van der Waals surface area contributed by atoms with Crippen LogP contribution in [0.4, 0.5) is 5.82 Å². The molecule has 1 aliphatic carbocycles. The molecular weight excluding hydrogens is 548 g/mol. The number of anilines is 1. The Morgan fingerprint density at radius 3 is 2.43 bits per heavy atom. The van der Waals surface area contributed by atoms with Crippen molar-refractivity contribution in [1.29, 1.82) is 0 Å². The molecular formula is C35H38N8O. The number of nitrogen functional groups attached to an aromatic ring is 1. The Hall–Kier alpha value is -4.60. The minimum Gasteiger partial charge on any atom is -0.383 e. The number of fused-ring (bicyclic) bond motifs is 1. The van der Waals surface area contributed by atoms with E-state index >= 15 is 0 Å². The Kier molecular flexibility index (Phi) is 7.14. The highest BCUT2D eigenvalue weighted by atomic mass is 16.1. The lowest BCUT2D eigenvalue weighted by molar-refractivity contribution is -0.123. The summed E-state index contributed by atoms with van der Waals surface area (Å²) < 4.78 is 2.06. The van der Waals surface area contributed by atoms with Crippen molar-refractivity contribution in [3.8, 4) is 28.3 Å². The summed E-state index contributed by atoms with van der Waals surface area (Å²) in [5.74, 6) is 0.893. The van der Waals surface area contributed by atoms with Gasteiger partial charge in [-0.25, -0.2) is 15.0 Å². The SMILES string of the molecule is CC(c1cccc(-c2ccc3nc(-c4cccnc4N)n(-c4ccc(C5(N)CCC5)cc4)c3n2)c1)N1CCC(C(N)=O)CC1. The second-order valence-corrected chi connectivity index (χ2v) is 12.3. The average Bonchev–Trinajstić information content (AvgIpc) is 3.42. The van der Waals surface area contributed by atoms with Crippen LogP contribution in [0.5, 0.6) is 0 Å². The van der Waals surface area contributed by atoms with E-state index in [0.29, 0.717) is 11.6 Å². The second kappa shape index (κ2) is 11.2. The fourth-order valence-electron chi connectivity index (χ4n) is 6.68. The number of rotatable bonds is 7. The first-order valence-electron chi connectivity index (χ1n) is 15.4. The largest absolute Gasteiger partial charge is 0.383 e. The van der Waals surface area contributed by atoms with Crippen LogP contribution in [0, 0.1) is 5.92 Å². The van der Waals surface area contributed by atoms with Crippen LogP contribution in [0.3, 0.4) is 0 Å². The highest BCUT2D eigenvalue weighted by Crippen LogP contribution is 2.39. The highest BCUT2D eigenvalue weighted by Gasteiger charge is 2.34. The van der Waals surface area contributed by atoms with Gasteiger partial charge < -0.3 is 17.2 Å². The number of aromatic nitrogens is 4. The van der Waals surface area contributed by atoms with Gasteiger partial charge in [0.15, 0.2) is 11.5 Å². The number of imidazole rings is 1. The summed E-state index contributed by atoms with van der Waals surface area (Å²) in [5, 5.41) is 0. The number of amides is 1. The quantitative estimate of drug-likeness (QED) is 0.234. The van der Waals surface area contributed by atoms with Crippen molar-refractivity contribution in [2.24, 2.45) is 17.4 Å². The number of piperidine rings is 1. The van der Waals surface area contributed by atoms with Crippen LogP contribution in [0.2, 0.25) is 0 Å². The smallest absolute Gasteiger partial charge is 0.220 e. The zero-order chi connectivity index (χ0) is 30.4. The van der Waals surface area contributed by atoms with Crippen LogP contribution in [0.15, 0.2) is 79.0 Å². The van der Waals surface area contributed by atoms with Crippen molar-refractivity contribution in [3.63, 3.8) is 0 Å². The fraction of sp³-hybridized carbons (Fsp3) is 0.314. The minimum absolute atomic E-state index is 0.0247. The highest BCUT2D eigenvalue weighted by molar-refractivity contribution is 5.84. The predicted octanol–water partition coefficient (Wildman–Crippen LogP) is 5.33. The number of carbonyl (C=O) groups is 1. The number of nitrogens with zero attached hydrogens (tertiary/aromatic N) is 5. The first-order valence-corrected chi connectivity index (χ1v) is 15.4. The monoisotopic (exact) mass is 586 g/mol. The molecule has 1 unspecified atom stereocenters. The van der Waals surface area contributed by atoms with Gasteiger partial charge in [0.05, 0.1) is 11.3 Å². The molecule has 4 heterocycles. The topological polar surface area (TPSA) is 142 Å². The predicted molar refractivity (Wildman–Crippen MR) is 174 cm³/mol. The molecule has 0 spiro atoms. The molecule has 6 N–H and O–H groups in total. The second-order valence-electron chi connectivity index (χ2n) is 12.3. The summed E-state index contributed by atoms with van der Waals surface area (Å²) in [4.78, 5) is 28.6. The first kappa shape index (κ1) is 28.2. The molecule has 5 aromatic rings. The molecule has 44 heavy (non-hydrogen) atoms. The van der Waals surface area contributed by atoms with Crippen molar-refractivity contribution in [2.75, 3.05) is 18.8 Å². The van der Waals surface area contributed by atoms with E-state index in [4.69, 9.17) is 27.2 Å². The summed E-state index contributed by atoms with van der Waals surface area (Å²) in [5.41, 5.74) is 25.7. The standard InChI is InChI=1S/C35H38N8O/c1-22(42-19-14-23(15-20-42)32(37)44)24-5-2-6-25(21-24)29-12-13-30-34(40-29)43(33(41-30)28-7-3-18-39-31(28)36)27-10-8-26(9-11-27)35(38)16-4-17-35/h2-3,5-13,18,21-23H,4,14-17,19-20,38H2,1H3,(H2,36,39)(H2,37,44). The summed E-state index contributed by atoms with van der Waals surface area (Å²) in [6.07, 6.45) is 6.47. The van der Waals surface area contributed by atoms with Gasteiger partial charge in [-0.2, -0.15) is 0 Å². The van der Waals surface area contributed by atoms with E-state index in [0.717, 1.165) is 84.4 Å². The van der Waals surface area contributed by atoms with E-state index < -0.39 is 0 Å². The first-order chi connectivity index (χ1) is 21.3. The van der Waals surface area contributed by atoms with Crippen molar-refractivity contribution < 1.29 is 4.79 Å². The molecule has 9 nitrogen and oxygen atoms in total. The molecule has 1 saturated heterocycles. The number of likely N-dealkylation sites (tertiary alicyclic amines) is 1. The van der Waals surface area contributed by atoms with E-state index in [1.807, 2.05) is 24.3 Å². The third-order valence-corrected chi connectivity index (χ3v) is 9.67. The maximum atomic E-state index is 11.7. The van der Waals surface area contributed by atoms with E-state index in [2.05, 4.69) is 69.9 Å². The number of nitrogens with two attached hydrogens (primary N) is 3. The van der Waals surface area contributed by atoms with Gasteiger partial charge in [0.1, 0.15) is 11.3 Å². The lowest BCUT2D eigenvalue weighted by atomic mass is 9.73. The lowest BCUT2D eigenvalue weighted by Gasteiger charge is -2.38. The molecule has 7 rings (SSSR count). The van der Waals surface area contributed by atoms with Gasteiger partial charge in [-0.3, -0.25) is 14.3 Å². The van der Waals surface area contributed by atoms with E-state index in [1.54, 1.807) is 6.20 Å². The molecule has 2 aromatic carbocycles. The number of carbonyl (C=O) groups excluding carboxylic acids is 1. The summed E-state index contributed by atoms with van der Waals surface area (Å²) in [6.45, 7) is 3.93. The lowest BCUT2D eigenvalue weighted by Crippen LogP contribution is -2.43. The molecule has 1 amide bonds. The molecule has 1 saturated carbocycles. The third-order valence-electron chi connectivity index (χ3n) is 9.67. The van der Waals surface area contributed by atoms with Gasteiger partial charge in [0.2, 0.25) is 5.91 Å². The summed E-state index contributed by atoms with van der Waals surface area (Å²) in [6, 6.07) is 25.1. The average molecular weight is 587 g/mol. The number of hydrogen-bond donors (Lipinski definition) is 3. The Bertz CT molecular complexity index is 1830. The molecule has 1 aliphatic heterocycles. The molecule has 0 radical (unpaired) electrons. The van der Waals surface area contributed by atoms with Gasteiger partial charge in [0, 0.05) is 34.9 Å². The maximum Gasteiger partial charge on any atom is 0.220 e. The van der Waals surface area contributed by atoms with E-state index in [-0.39, 0.29) is 23.4 Å². The number of primary amides is 1. The minimum atomic E-state index is -0.239. The van der Waals surface area contributed by atoms with Gasteiger partial charge >= 0.3 is 0 Å². The molecule has 3 aromatic heterocycles. The van der Waals surface area contributed by atoms with Crippen LogP contribution < -0.4 is 17.2 Å².